The van der Waals surface area contributed by atoms with Crippen molar-refractivity contribution in [2.24, 2.45) is 0 Å². The molecule has 5 nitrogen and oxygen atoms in total. The van der Waals surface area contributed by atoms with E-state index in [9.17, 15) is 4.79 Å². The van der Waals surface area contributed by atoms with Gasteiger partial charge >= 0.3 is 0 Å². The number of carbonyl (C=O) groups is 1. The molecule has 1 saturated heterocycles. The predicted molar refractivity (Wildman–Crippen MR) is 129 cm³/mol. The van der Waals surface area contributed by atoms with Crippen LogP contribution in [0.1, 0.15) is 37.4 Å². The number of aromatic nitrogens is 2. The second-order valence-electron chi connectivity index (χ2n) is 7.85. The normalized spacial score (nSPS) is 15.1. The minimum atomic E-state index is -0.000640. The van der Waals surface area contributed by atoms with Crippen LogP contribution < -0.4 is 10.2 Å². The molecule has 1 fully saturated rings. The zero-order chi connectivity index (χ0) is 22.3. The first-order valence-corrected chi connectivity index (χ1v) is 11.2. The molecule has 32 heavy (non-hydrogen) atoms. The first-order chi connectivity index (χ1) is 15.6. The van der Waals surface area contributed by atoms with Gasteiger partial charge in [0.25, 0.3) is 0 Å². The molecule has 1 atom stereocenters. The highest BCUT2D eigenvalue weighted by Gasteiger charge is 2.18. The smallest absolute Gasteiger partial charge is 0.225 e. The maximum Gasteiger partial charge on any atom is 0.225 e. The van der Waals surface area contributed by atoms with Crippen LogP contribution in [-0.4, -0.2) is 35.0 Å². The summed E-state index contributed by atoms with van der Waals surface area (Å²) in [7, 11) is 0. The van der Waals surface area contributed by atoms with Crippen LogP contribution >= 0.6 is 11.6 Å². The Morgan fingerprint density at radius 1 is 1.06 bits per heavy atom. The molecule has 1 aliphatic rings. The molecule has 2 aromatic heterocycles. The zero-order valence-electron chi connectivity index (χ0n) is 18.0. The lowest BCUT2D eigenvalue weighted by atomic mass is 10.1. The zero-order valence-corrected chi connectivity index (χ0v) is 18.8. The summed E-state index contributed by atoms with van der Waals surface area (Å²) in [6.07, 6.45) is 6.81. The van der Waals surface area contributed by atoms with Gasteiger partial charge in [0.2, 0.25) is 5.91 Å². The van der Waals surface area contributed by atoms with Gasteiger partial charge in [0.15, 0.2) is 0 Å². The third-order valence-corrected chi connectivity index (χ3v) is 5.80. The van der Waals surface area contributed by atoms with Crippen LogP contribution in [0, 0.1) is 11.8 Å². The predicted octanol–water partition coefficient (Wildman–Crippen LogP) is 4.69. The van der Waals surface area contributed by atoms with Crippen molar-refractivity contribution >= 4 is 23.3 Å². The number of pyridine rings is 2. The number of hydrogen-bond donors (Lipinski definition) is 1. The fraction of sp³-hybridized carbons (Fsp3) is 0.269. The molecule has 1 unspecified atom stereocenters. The quantitative estimate of drug-likeness (QED) is 0.580. The summed E-state index contributed by atoms with van der Waals surface area (Å²) >= 11 is 5.95. The Balaban J connectivity index is 1.41. The number of amides is 1. The largest absolute Gasteiger partial charge is 0.314 e. The number of halogens is 1. The topological polar surface area (TPSA) is 58.1 Å². The van der Waals surface area contributed by atoms with Crippen LogP contribution in [0.5, 0.6) is 0 Å². The molecule has 1 amide bonds. The van der Waals surface area contributed by atoms with Gasteiger partial charge in [-0.15, -0.1) is 0 Å². The van der Waals surface area contributed by atoms with Crippen molar-refractivity contribution < 1.29 is 4.79 Å². The average molecular weight is 445 g/mol. The molecule has 4 rings (SSSR count). The number of rotatable bonds is 5. The van der Waals surface area contributed by atoms with E-state index in [0.29, 0.717) is 29.1 Å². The summed E-state index contributed by atoms with van der Waals surface area (Å²) in [5, 5.41) is 4.18. The van der Waals surface area contributed by atoms with Crippen molar-refractivity contribution in [3.05, 3.63) is 77.2 Å². The Kier molecular flexibility index (Phi) is 7.16. The van der Waals surface area contributed by atoms with Gasteiger partial charge in [-0.2, -0.15) is 0 Å². The lowest BCUT2D eigenvalue weighted by Gasteiger charge is -2.22. The van der Waals surface area contributed by atoms with Crippen LogP contribution in [0.15, 0.2) is 60.9 Å². The number of benzene rings is 1. The monoisotopic (exact) mass is 444 g/mol. The lowest BCUT2D eigenvalue weighted by Crippen LogP contribution is -2.34. The van der Waals surface area contributed by atoms with E-state index in [1.807, 2.05) is 48.5 Å². The molecule has 3 aromatic rings. The van der Waals surface area contributed by atoms with E-state index in [1.54, 1.807) is 24.2 Å². The van der Waals surface area contributed by atoms with Gasteiger partial charge in [0.05, 0.1) is 0 Å². The van der Waals surface area contributed by atoms with Gasteiger partial charge in [-0.3, -0.25) is 9.69 Å². The van der Waals surface area contributed by atoms with Gasteiger partial charge in [-0.05, 0) is 67.6 Å². The summed E-state index contributed by atoms with van der Waals surface area (Å²) in [6.45, 7) is 3.31. The average Bonchev–Trinajstić information content (AvgIpc) is 3.33. The van der Waals surface area contributed by atoms with E-state index in [-0.39, 0.29) is 5.91 Å². The Labute approximate surface area is 193 Å². The maximum atomic E-state index is 12.1. The minimum absolute atomic E-state index is 0.000640. The molecule has 0 bridgehead atoms. The highest BCUT2D eigenvalue weighted by Crippen LogP contribution is 2.21. The van der Waals surface area contributed by atoms with Crippen molar-refractivity contribution in [2.45, 2.75) is 32.2 Å². The molecule has 0 aliphatic carbocycles. The second-order valence-corrected chi connectivity index (χ2v) is 8.28. The van der Waals surface area contributed by atoms with Gasteiger partial charge < -0.3 is 5.32 Å². The van der Waals surface area contributed by atoms with Crippen LogP contribution in [0.25, 0.3) is 11.1 Å². The number of carbonyl (C=O) groups excluding carboxylic acids is 1. The van der Waals surface area contributed by atoms with Crippen LogP contribution in [0.2, 0.25) is 5.02 Å². The molecule has 0 radical (unpaired) electrons. The maximum absolute atomic E-state index is 12.1. The molecule has 3 heterocycles. The molecule has 0 saturated carbocycles. The first kappa shape index (κ1) is 22.0. The van der Waals surface area contributed by atoms with E-state index in [1.165, 1.54) is 12.8 Å². The Morgan fingerprint density at radius 3 is 2.50 bits per heavy atom. The summed E-state index contributed by atoms with van der Waals surface area (Å²) in [6, 6.07) is 15.8. The van der Waals surface area contributed by atoms with Crippen molar-refractivity contribution in [3.63, 3.8) is 0 Å². The molecule has 1 aliphatic heterocycles. The molecule has 6 heteroatoms. The lowest BCUT2D eigenvalue weighted by molar-refractivity contribution is -0.116. The SMILES string of the molecule is CC(=O)N(CCC1CCCN1)c1ccc(C#Cc2ccc(-c3ccc(Cl)cc3)cn2)cn1. The van der Waals surface area contributed by atoms with E-state index >= 15 is 0 Å². The third-order valence-electron chi connectivity index (χ3n) is 5.54. The Hall–Kier alpha value is -3.20. The van der Waals surface area contributed by atoms with Crippen LogP contribution in [0.4, 0.5) is 5.82 Å². The minimum Gasteiger partial charge on any atom is -0.314 e. The summed E-state index contributed by atoms with van der Waals surface area (Å²) in [5.41, 5.74) is 3.52. The summed E-state index contributed by atoms with van der Waals surface area (Å²) < 4.78 is 0. The van der Waals surface area contributed by atoms with E-state index in [4.69, 9.17) is 11.6 Å². The summed E-state index contributed by atoms with van der Waals surface area (Å²) in [4.78, 5) is 22.8. The third kappa shape index (κ3) is 5.73. The van der Waals surface area contributed by atoms with E-state index < -0.39 is 0 Å². The van der Waals surface area contributed by atoms with Crippen molar-refractivity contribution in [1.29, 1.82) is 0 Å². The van der Waals surface area contributed by atoms with Crippen molar-refractivity contribution in [2.75, 3.05) is 18.0 Å². The first-order valence-electron chi connectivity index (χ1n) is 10.8. The Morgan fingerprint density at radius 2 is 1.88 bits per heavy atom. The van der Waals surface area contributed by atoms with E-state index in [0.717, 1.165) is 29.7 Å². The van der Waals surface area contributed by atoms with Gasteiger partial charge in [0, 0.05) is 48.1 Å². The van der Waals surface area contributed by atoms with Crippen LogP contribution in [0.3, 0.4) is 0 Å². The highest BCUT2D eigenvalue weighted by atomic mass is 35.5. The number of nitrogens with zero attached hydrogens (tertiary/aromatic N) is 3. The van der Waals surface area contributed by atoms with Crippen molar-refractivity contribution in [1.82, 2.24) is 15.3 Å². The molecular formula is C26H25ClN4O. The molecule has 1 N–H and O–H groups in total. The molecular weight excluding hydrogens is 420 g/mol. The van der Waals surface area contributed by atoms with Gasteiger partial charge in [-0.25, -0.2) is 9.97 Å². The van der Waals surface area contributed by atoms with Gasteiger partial charge in [-0.1, -0.05) is 35.7 Å². The number of hydrogen-bond acceptors (Lipinski definition) is 4. The van der Waals surface area contributed by atoms with E-state index in [2.05, 4.69) is 27.1 Å². The Bertz CT molecular complexity index is 1110. The fourth-order valence-corrected chi connectivity index (χ4v) is 3.88. The number of anilines is 1. The van der Waals surface area contributed by atoms with Crippen LogP contribution in [-0.2, 0) is 4.79 Å². The van der Waals surface area contributed by atoms with Gasteiger partial charge in [0.1, 0.15) is 11.5 Å². The summed E-state index contributed by atoms with van der Waals surface area (Å²) in [5.74, 6) is 6.82. The fourth-order valence-electron chi connectivity index (χ4n) is 3.76. The number of nitrogens with one attached hydrogen (secondary N) is 1. The second kappa shape index (κ2) is 10.4. The molecule has 0 spiro atoms. The standard InChI is InChI=1S/C26H25ClN4O/c1-19(32)31(16-14-24-3-2-15-28-24)26-13-5-20(17-30-26)4-11-25-12-8-22(18-29-25)21-6-9-23(27)10-7-21/h5-10,12-13,17-18,24,28H,2-3,14-16H2,1H3. The molecule has 162 valence electrons. The van der Waals surface area contributed by atoms with Crippen molar-refractivity contribution in [3.8, 4) is 23.0 Å². The molecule has 1 aromatic carbocycles. The highest BCUT2D eigenvalue weighted by molar-refractivity contribution is 6.30.